The fraction of sp³-hybridized carbons (Fsp3) is 0.250. The Morgan fingerprint density at radius 1 is 1.42 bits per heavy atom. The van der Waals surface area contributed by atoms with Crippen molar-refractivity contribution in [3.05, 3.63) is 12.2 Å². The van der Waals surface area contributed by atoms with E-state index in [1.807, 2.05) is 0 Å². The third-order valence-corrected chi connectivity index (χ3v) is 0.365. The first-order valence-electron chi connectivity index (χ1n) is 2.23. The van der Waals surface area contributed by atoms with E-state index in [0.29, 0.717) is 0 Å². The van der Waals surface area contributed by atoms with Gasteiger partial charge in [0, 0.05) is 5.57 Å². The van der Waals surface area contributed by atoms with E-state index in [-0.39, 0.29) is 31.5 Å². The van der Waals surface area contributed by atoms with Crippen molar-refractivity contribution >= 4 is 39.4 Å². The molecular weight excluding hydrogens is 200 g/mol. The van der Waals surface area contributed by atoms with E-state index in [9.17, 15) is 4.79 Å². The maximum atomic E-state index is 9.60. The van der Waals surface area contributed by atoms with Gasteiger partial charge in [-0.15, -0.1) is 0 Å². The molecule has 0 heterocycles. The van der Waals surface area contributed by atoms with Crippen molar-refractivity contribution in [3.8, 4) is 0 Å². The molecule has 0 aromatic carbocycles. The van der Waals surface area contributed by atoms with E-state index in [1.165, 1.54) is 6.92 Å². The summed E-state index contributed by atoms with van der Waals surface area (Å²) in [5, 5.41) is 7.89. The predicted octanol–water partition coefficient (Wildman–Crippen LogP) is -0.161. The Morgan fingerprint density at radius 2 is 1.50 bits per heavy atom. The molecule has 0 saturated carbocycles. The van der Waals surface area contributed by atoms with Crippen LogP contribution in [0.25, 0.3) is 0 Å². The quantitative estimate of drug-likeness (QED) is 0.315. The first-order valence-corrected chi connectivity index (χ1v) is 3.63. The summed E-state index contributed by atoms with van der Waals surface area (Å²) in [5.74, 6) is -0.935. The Bertz CT molecular complexity index is 231. The molecule has 0 fully saturated rings. The summed E-state index contributed by atoms with van der Waals surface area (Å²) in [7, 11) is -4.67. The van der Waals surface area contributed by atoms with E-state index in [4.69, 9.17) is 22.6 Å². The van der Waals surface area contributed by atoms with E-state index in [0.717, 1.165) is 0 Å². The summed E-state index contributed by atoms with van der Waals surface area (Å²) in [6.07, 6.45) is 0. The summed E-state index contributed by atoms with van der Waals surface area (Å²) < 4.78 is 31.6. The van der Waals surface area contributed by atoms with E-state index in [2.05, 4.69) is 6.58 Å². The Kier molecular flexibility index (Phi) is 11.1. The standard InChI is InChI=1S/C4H6O2.Mg.H2O4S.2H/c1-3(2)4(5)6;;1-5(2,3)4;;/h1H2,2H3,(H,5,6);;(H2,1,2,3,4);;/q;+2;;2*-1. The van der Waals surface area contributed by atoms with Gasteiger partial charge in [0.25, 0.3) is 0 Å². The number of aliphatic carboxylic acids is 1. The molecule has 0 saturated heterocycles. The summed E-state index contributed by atoms with van der Waals surface area (Å²) in [6, 6.07) is 0. The largest absolute Gasteiger partial charge is 2.00 e. The molecule has 0 aromatic rings. The number of rotatable bonds is 1. The molecule has 8 heteroatoms. The van der Waals surface area contributed by atoms with Gasteiger partial charge >= 0.3 is 39.4 Å². The van der Waals surface area contributed by atoms with Crippen LogP contribution in [0.3, 0.4) is 0 Å². The number of carboxylic acids is 1. The molecule has 0 aliphatic rings. The summed E-state index contributed by atoms with van der Waals surface area (Å²) in [4.78, 5) is 9.60. The average molecular weight is 210 g/mol. The minimum atomic E-state index is -4.67. The van der Waals surface area contributed by atoms with Crippen LogP contribution in [-0.2, 0) is 15.2 Å². The zero-order valence-corrected chi connectivity index (χ0v) is 8.62. The van der Waals surface area contributed by atoms with Crippen molar-refractivity contribution in [1.82, 2.24) is 0 Å². The molecule has 0 aliphatic heterocycles. The maximum Gasteiger partial charge on any atom is 2.00 e. The minimum absolute atomic E-state index is 0. The van der Waals surface area contributed by atoms with Crippen molar-refractivity contribution < 1.29 is 30.3 Å². The number of carbonyl (C=O) groups is 1. The van der Waals surface area contributed by atoms with Gasteiger partial charge in [0.05, 0.1) is 0 Å². The Hall–Kier alpha value is -0.154. The SMILES string of the molecule is C=C(C)C(=O)O.O=S(=O)(O)O.[H-].[H-].[Mg+2]. The van der Waals surface area contributed by atoms with Crippen molar-refractivity contribution in [2.24, 2.45) is 0 Å². The fourth-order valence-corrected chi connectivity index (χ4v) is 0. The summed E-state index contributed by atoms with van der Waals surface area (Å²) in [6.45, 7) is 4.60. The van der Waals surface area contributed by atoms with Crippen LogP contribution in [0.1, 0.15) is 9.78 Å². The topological polar surface area (TPSA) is 112 Å². The number of carboxylic acid groups (broad SMARTS) is 1. The van der Waals surface area contributed by atoms with Crippen LogP contribution in [0.4, 0.5) is 0 Å². The predicted molar refractivity (Wildman–Crippen MR) is 44.6 cm³/mol. The fourth-order valence-electron chi connectivity index (χ4n) is 0. The molecule has 0 rings (SSSR count). The van der Waals surface area contributed by atoms with Crippen LogP contribution >= 0.6 is 0 Å². The first-order chi connectivity index (χ1) is 4.64. The smallest absolute Gasteiger partial charge is 1.00 e. The third-order valence-electron chi connectivity index (χ3n) is 0.365. The summed E-state index contributed by atoms with van der Waals surface area (Å²) in [5.41, 5.74) is 0.176. The Morgan fingerprint density at radius 3 is 1.50 bits per heavy atom. The van der Waals surface area contributed by atoms with Gasteiger partial charge in [0.2, 0.25) is 0 Å². The van der Waals surface area contributed by atoms with Gasteiger partial charge in [-0.2, -0.15) is 8.42 Å². The molecule has 6 nitrogen and oxygen atoms in total. The molecule has 0 aromatic heterocycles. The van der Waals surface area contributed by atoms with Crippen LogP contribution in [0.5, 0.6) is 0 Å². The van der Waals surface area contributed by atoms with Crippen LogP contribution in [0.15, 0.2) is 12.2 Å². The van der Waals surface area contributed by atoms with Crippen LogP contribution in [0, 0.1) is 0 Å². The normalized spacial score (nSPS) is 8.58. The van der Waals surface area contributed by atoms with Gasteiger partial charge in [-0.1, -0.05) is 6.58 Å². The molecule has 0 unspecified atom stereocenters. The summed E-state index contributed by atoms with van der Waals surface area (Å²) >= 11 is 0. The molecule has 0 bridgehead atoms. The second-order valence-electron chi connectivity index (χ2n) is 1.53. The van der Waals surface area contributed by atoms with Crippen LogP contribution in [-0.4, -0.2) is 51.7 Å². The van der Waals surface area contributed by atoms with Gasteiger partial charge in [0.1, 0.15) is 0 Å². The van der Waals surface area contributed by atoms with Gasteiger partial charge < -0.3 is 7.96 Å². The molecule has 0 atom stereocenters. The van der Waals surface area contributed by atoms with E-state index < -0.39 is 16.4 Å². The van der Waals surface area contributed by atoms with Crippen LogP contribution < -0.4 is 0 Å². The van der Waals surface area contributed by atoms with Gasteiger partial charge in [-0.25, -0.2) is 4.79 Å². The van der Waals surface area contributed by atoms with Gasteiger partial charge in [-0.05, 0) is 6.92 Å². The van der Waals surface area contributed by atoms with E-state index >= 15 is 0 Å². The molecule has 0 spiro atoms. The molecule has 0 aliphatic carbocycles. The Balaban J connectivity index is -0.0000000321. The monoisotopic (exact) mass is 210 g/mol. The van der Waals surface area contributed by atoms with Crippen molar-refractivity contribution in [2.45, 2.75) is 6.92 Å². The molecule has 0 amide bonds. The van der Waals surface area contributed by atoms with Crippen molar-refractivity contribution in [1.29, 1.82) is 0 Å². The second-order valence-corrected chi connectivity index (χ2v) is 2.43. The zero-order valence-electron chi connectivity index (χ0n) is 8.39. The van der Waals surface area contributed by atoms with Crippen molar-refractivity contribution in [3.63, 3.8) is 0 Å². The van der Waals surface area contributed by atoms with Gasteiger partial charge in [-0.3, -0.25) is 9.11 Å². The maximum absolute atomic E-state index is 9.60. The van der Waals surface area contributed by atoms with E-state index in [1.54, 1.807) is 0 Å². The van der Waals surface area contributed by atoms with Crippen LogP contribution in [0.2, 0.25) is 0 Å². The number of hydrogen-bond acceptors (Lipinski definition) is 3. The van der Waals surface area contributed by atoms with Crippen molar-refractivity contribution in [2.75, 3.05) is 0 Å². The molecule has 70 valence electrons. The Labute approximate surface area is 89.0 Å². The second kappa shape index (κ2) is 7.49. The van der Waals surface area contributed by atoms with Gasteiger partial charge in [0.15, 0.2) is 0 Å². The molecular formula is C4H10MgO6S. The third kappa shape index (κ3) is 52.1. The molecule has 3 N–H and O–H groups in total. The number of hydrogen-bond donors (Lipinski definition) is 3. The minimum Gasteiger partial charge on any atom is -1.00 e. The average Bonchev–Trinajstić information content (AvgIpc) is 1.59. The zero-order chi connectivity index (χ0) is 9.65. The molecule has 0 radical (unpaired) electrons. The molecule has 12 heavy (non-hydrogen) atoms. The first kappa shape index (κ1) is 17.8.